The topological polar surface area (TPSA) is 59.1 Å². The Hall–Kier alpha value is -1.36. The van der Waals surface area contributed by atoms with Crippen molar-refractivity contribution in [2.75, 3.05) is 30.9 Å². The van der Waals surface area contributed by atoms with Crippen LogP contribution in [-0.2, 0) is 11.2 Å². The minimum atomic E-state index is -0.0120. The lowest BCUT2D eigenvalue weighted by molar-refractivity contribution is 0.185. The van der Waals surface area contributed by atoms with Crippen LogP contribution in [0.15, 0.2) is 6.33 Å². The van der Waals surface area contributed by atoms with Crippen LogP contribution >= 0.6 is 0 Å². The Balaban J connectivity index is 2.25. The van der Waals surface area contributed by atoms with Crippen molar-refractivity contribution >= 4 is 11.6 Å². The van der Waals surface area contributed by atoms with Crippen molar-refractivity contribution in [3.05, 3.63) is 11.9 Å². The zero-order valence-electron chi connectivity index (χ0n) is 11.4. The molecule has 2 N–H and O–H groups in total. The van der Waals surface area contributed by atoms with Gasteiger partial charge in [0.05, 0.1) is 12.1 Å². The summed E-state index contributed by atoms with van der Waals surface area (Å²) in [7, 11) is 1.89. The Kier molecular flexibility index (Phi) is 4.01. The summed E-state index contributed by atoms with van der Waals surface area (Å²) in [6, 6.07) is 0. The number of hydrogen-bond acceptors (Lipinski definition) is 5. The minimum Gasteiger partial charge on any atom is -0.379 e. The lowest BCUT2D eigenvalue weighted by Crippen LogP contribution is -2.36. The predicted molar refractivity (Wildman–Crippen MR) is 73.0 cm³/mol. The maximum Gasteiger partial charge on any atom is 0.135 e. The molecular weight excluding hydrogens is 228 g/mol. The van der Waals surface area contributed by atoms with Crippen LogP contribution in [0.25, 0.3) is 0 Å². The molecule has 1 aliphatic rings. The third-order valence-corrected chi connectivity index (χ3v) is 3.32. The number of nitrogens with one attached hydrogen (secondary N) is 2. The van der Waals surface area contributed by atoms with Crippen LogP contribution in [0.5, 0.6) is 0 Å². The number of aromatic nitrogens is 2. The van der Waals surface area contributed by atoms with Crippen molar-refractivity contribution in [3.8, 4) is 0 Å². The van der Waals surface area contributed by atoms with E-state index in [0.29, 0.717) is 0 Å². The molecule has 0 bridgehead atoms. The molecule has 18 heavy (non-hydrogen) atoms. The molecule has 0 saturated carbocycles. The van der Waals surface area contributed by atoms with Crippen molar-refractivity contribution in [2.24, 2.45) is 0 Å². The van der Waals surface area contributed by atoms with Gasteiger partial charge in [-0.2, -0.15) is 0 Å². The van der Waals surface area contributed by atoms with Crippen molar-refractivity contribution in [3.63, 3.8) is 0 Å². The van der Waals surface area contributed by atoms with E-state index in [1.54, 1.807) is 6.33 Å². The second-order valence-corrected chi connectivity index (χ2v) is 5.04. The summed E-state index contributed by atoms with van der Waals surface area (Å²) in [6.07, 6.45) is 4.66. The molecule has 0 aliphatic carbocycles. The smallest absolute Gasteiger partial charge is 0.135 e. The van der Waals surface area contributed by atoms with Gasteiger partial charge in [0.15, 0.2) is 0 Å². The maximum atomic E-state index is 5.47. The fraction of sp³-hybridized carbons (Fsp3) is 0.692. The molecule has 0 radical (unpaired) electrons. The summed E-state index contributed by atoms with van der Waals surface area (Å²) in [6.45, 7) is 5.89. The van der Waals surface area contributed by atoms with Crippen LogP contribution in [-0.4, -0.2) is 35.8 Å². The molecule has 0 amide bonds. The molecule has 5 heteroatoms. The van der Waals surface area contributed by atoms with Crippen molar-refractivity contribution in [2.45, 2.75) is 38.6 Å². The van der Waals surface area contributed by atoms with Gasteiger partial charge in [-0.3, -0.25) is 0 Å². The average Bonchev–Trinajstić information content (AvgIpc) is 2.78. The zero-order valence-corrected chi connectivity index (χ0v) is 11.4. The van der Waals surface area contributed by atoms with Crippen LogP contribution in [0.2, 0.25) is 0 Å². The largest absolute Gasteiger partial charge is 0.379 e. The van der Waals surface area contributed by atoms with E-state index in [0.717, 1.165) is 49.7 Å². The highest BCUT2D eigenvalue weighted by atomic mass is 16.5. The lowest BCUT2D eigenvalue weighted by Gasteiger charge is -2.26. The summed E-state index contributed by atoms with van der Waals surface area (Å²) in [4.78, 5) is 8.68. The molecule has 1 fully saturated rings. The van der Waals surface area contributed by atoms with Gasteiger partial charge >= 0.3 is 0 Å². The standard InChI is InChI=1S/C13H22N4O/c1-4-5-10-11(14-3)15-9-16-12(10)17-13(2)6-7-18-8-13/h9H,4-8H2,1-3H3,(H2,14,15,16,17). The van der Waals surface area contributed by atoms with Crippen LogP contribution < -0.4 is 10.6 Å². The van der Waals surface area contributed by atoms with E-state index >= 15 is 0 Å². The molecule has 1 unspecified atom stereocenters. The SMILES string of the molecule is CCCc1c(NC)ncnc1NC1(C)CCOC1. The van der Waals surface area contributed by atoms with E-state index in [1.807, 2.05) is 7.05 Å². The summed E-state index contributed by atoms with van der Waals surface area (Å²) < 4.78 is 5.47. The van der Waals surface area contributed by atoms with Gasteiger partial charge in [0.2, 0.25) is 0 Å². The Morgan fingerprint density at radius 1 is 1.39 bits per heavy atom. The van der Waals surface area contributed by atoms with Crippen LogP contribution in [0.1, 0.15) is 32.3 Å². The fourth-order valence-electron chi connectivity index (χ4n) is 2.27. The van der Waals surface area contributed by atoms with Gasteiger partial charge in [-0.25, -0.2) is 9.97 Å². The van der Waals surface area contributed by atoms with E-state index in [1.165, 1.54) is 0 Å². The maximum absolute atomic E-state index is 5.47. The molecule has 100 valence electrons. The molecule has 2 heterocycles. The Morgan fingerprint density at radius 2 is 2.17 bits per heavy atom. The molecule has 1 atom stereocenters. The second-order valence-electron chi connectivity index (χ2n) is 5.04. The quantitative estimate of drug-likeness (QED) is 0.837. The van der Waals surface area contributed by atoms with Crippen LogP contribution in [0.4, 0.5) is 11.6 Å². The van der Waals surface area contributed by atoms with Gasteiger partial charge in [-0.05, 0) is 19.8 Å². The number of ether oxygens (including phenoxy) is 1. The number of nitrogens with zero attached hydrogens (tertiary/aromatic N) is 2. The predicted octanol–water partition coefficient (Wildman–Crippen LogP) is 2.06. The van der Waals surface area contributed by atoms with Crippen molar-refractivity contribution in [1.82, 2.24) is 9.97 Å². The summed E-state index contributed by atoms with van der Waals surface area (Å²) in [5.74, 6) is 1.85. The summed E-state index contributed by atoms with van der Waals surface area (Å²) in [5.41, 5.74) is 1.15. The number of hydrogen-bond donors (Lipinski definition) is 2. The molecule has 1 aromatic heterocycles. The zero-order chi connectivity index (χ0) is 13.0. The third kappa shape index (κ3) is 2.72. The molecule has 0 aromatic carbocycles. The van der Waals surface area contributed by atoms with Gasteiger partial charge < -0.3 is 15.4 Å². The van der Waals surface area contributed by atoms with Gasteiger partial charge in [0, 0.05) is 19.2 Å². The lowest BCUT2D eigenvalue weighted by atomic mass is 10.0. The molecule has 5 nitrogen and oxygen atoms in total. The monoisotopic (exact) mass is 250 g/mol. The van der Waals surface area contributed by atoms with Gasteiger partial charge in [-0.1, -0.05) is 13.3 Å². The van der Waals surface area contributed by atoms with Gasteiger partial charge in [0.1, 0.15) is 18.0 Å². The van der Waals surface area contributed by atoms with E-state index in [4.69, 9.17) is 4.74 Å². The highest BCUT2D eigenvalue weighted by molar-refractivity contribution is 5.58. The summed E-state index contributed by atoms with van der Waals surface area (Å²) in [5, 5.41) is 6.67. The van der Waals surface area contributed by atoms with E-state index in [9.17, 15) is 0 Å². The third-order valence-electron chi connectivity index (χ3n) is 3.32. The normalized spacial score (nSPS) is 23.1. The Morgan fingerprint density at radius 3 is 2.78 bits per heavy atom. The highest BCUT2D eigenvalue weighted by Crippen LogP contribution is 2.27. The number of rotatable bonds is 5. The van der Waals surface area contributed by atoms with Crippen LogP contribution in [0, 0.1) is 0 Å². The van der Waals surface area contributed by atoms with E-state index < -0.39 is 0 Å². The van der Waals surface area contributed by atoms with Crippen molar-refractivity contribution < 1.29 is 4.74 Å². The van der Waals surface area contributed by atoms with Gasteiger partial charge in [-0.15, -0.1) is 0 Å². The molecule has 1 aromatic rings. The van der Waals surface area contributed by atoms with Crippen molar-refractivity contribution in [1.29, 1.82) is 0 Å². The first-order chi connectivity index (χ1) is 8.68. The Bertz CT molecular complexity index is 402. The molecule has 0 spiro atoms. The first-order valence-corrected chi connectivity index (χ1v) is 6.56. The Labute approximate surface area is 108 Å². The molecule has 1 saturated heterocycles. The molecule has 1 aliphatic heterocycles. The fourth-order valence-corrected chi connectivity index (χ4v) is 2.27. The number of anilines is 2. The molecular formula is C13H22N4O. The first-order valence-electron chi connectivity index (χ1n) is 6.56. The van der Waals surface area contributed by atoms with Gasteiger partial charge in [0.25, 0.3) is 0 Å². The summed E-state index contributed by atoms with van der Waals surface area (Å²) >= 11 is 0. The highest BCUT2D eigenvalue weighted by Gasteiger charge is 2.30. The minimum absolute atomic E-state index is 0.0120. The van der Waals surface area contributed by atoms with Crippen LogP contribution in [0.3, 0.4) is 0 Å². The average molecular weight is 250 g/mol. The van der Waals surface area contributed by atoms with E-state index in [-0.39, 0.29) is 5.54 Å². The first kappa shape index (κ1) is 13.1. The molecule has 2 rings (SSSR count). The van der Waals surface area contributed by atoms with E-state index in [2.05, 4.69) is 34.4 Å². The second kappa shape index (κ2) is 5.52.